The van der Waals surface area contributed by atoms with E-state index in [-0.39, 0.29) is 12.7 Å². The highest BCUT2D eigenvalue weighted by atomic mass is 16.5. The molecule has 0 bridgehead atoms. The Morgan fingerprint density at radius 2 is 2.30 bits per heavy atom. The fourth-order valence-corrected chi connectivity index (χ4v) is 0.418. The molecule has 0 rings (SSSR count). The normalized spacial score (nSPS) is 13.8. The maximum absolute atomic E-state index is 8.33. The van der Waals surface area contributed by atoms with Crippen molar-refractivity contribution in [1.82, 2.24) is 0 Å². The molecule has 1 N–H and O–H groups in total. The second-order valence-electron chi connectivity index (χ2n) is 1.93. The summed E-state index contributed by atoms with van der Waals surface area (Å²) in [6, 6.07) is 0. The van der Waals surface area contributed by atoms with Crippen LogP contribution in [0.4, 0.5) is 0 Å². The molecule has 0 aromatic rings. The van der Waals surface area contributed by atoms with Crippen molar-refractivity contribution in [3.05, 3.63) is 24.8 Å². The first-order chi connectivity index (χ1) is 4.81. The minimum absolute atomic E-state index is 0.0752. The van der Waals surface area contributed by atoms with Crippen LogP contribution in [-0.2, 0) is 4.74 Å². The largest absolute Gasteiger partial charge is 0.392 e. The summed E-state index contributed by atoms with van der Waals surface area (Å²) >= 11 is 0. The minimum Gasteiger partial charge on any atom is -0.392 e. The third kappa shape index (κ3) is 5.54. The van der Waals surface area contributed by atoms with Crippen molar-refractivity contribution in [3.63, 3.8) is 0 Å². The Bertz CT molecular complexity index is 108. The highest BCUT2D eigenvalue weighted by molar-refractivity contribution is 4.82. The Morgan fingerprint density at radius 1 is 1.60 bits per heavy atom. The fourth-order valence-electron chi connectivity index (χ4n) is 0.418. The molecule has 0 aliphatic carbocycles. The number of ether oxygens (including phenoxy) is 1. The van der Waals surface area contributed by atoms with Crippen LogP contribution in [0.5, 0.6) is 0 Å². The van der Waals surface area contributed by atoms with E-state index in [4.69, 9.17) is 9.84 Å². The molecule has 0 aliphatic rings. The van der Waals surface area contributed by atoms with Gasteiger partial charge >= 0.3 is 0 Å². The van der Waals surface area contributed by atoms with Gasteiger partial charge in [-0.2, -0.15) is 0 Å². The lowest BCUT2D eigenvalue weighted by Crippen LogP contribution is -2.03. The summed E-state index contributed by atoms with van der Waals surface area (Å²) in [5.74, 6) is 0. The number of rotatable bonds is 5. The molecule has 2 heteroatoms. The van der Waals surface area contributed by atoms with Gasteiger partial charge in [-0.1, -0.05) is 18.2 Å². The van der Waals surface area contributed by atoms with Crippen LogP contribution in [0, 0.1) is 0 Å². The van der Waals surface area contributed by atoms with Gasteiger partial charge in [0.25, 0.3) is 0 Å². The molecule has 58 valence electrons. The number of hydrogen-bond acceptors (Lipinski definition) is 2. The van der Waals surface area contributed by atoms with Crippen LogP contribution >= 0.6 is 0 Å². The van der Waals surface area contributed by atoms with Gasteiger partial charge in [-0.3, -0.25) is 0 Å². The summed E-state index contributed by atoms with van der Waals surface area (Å²) in [5.41, 5.74) is 0. The number of aliphatic hydroxyl groups excluding tert-OH is 1. The lowest BCUT2D eigenvalue weighted by molar-refractivity contribution is 0.123. The Kier molecular flexibility index (Phi) is 6.13. The van der Waals surface area contributed by atoms with Gasteiger partial charge in [-0.05, 0) is 6.92 Å². The molecule has 1 unspecified atom stereocenters. The Labute approximate surface area is 61.8 Å². The molecule has 0 fully saturated rings. The van der Waals surface area contributed by atoms with E-state index < -0.39 is 0 Å². The zero-order valence-electron chi connectivity index (χ0n) is 6.29. The van der Waals surface area contributed by atoms with Gasteiger partial charge in [0, 0.05) is 0 Å². The smallest absolute Gasteiger partial charge is 0.0729 e. The van der Waals surface area contributed by atoms with Gasteiger partial charge in [0.2, 0.25) is 0 Å². The summed E-state index contributed by atoms with van der Waals surface area (Å²) in [6.07, 6.45) is 5.24. The molecule has 0 aliphatic heterocycles. The van der Waals surface area contributed by atoms with Crippen LogP contribution in [0.15, 0.2) is 24.8 Å². The van der Waals surface area contributed by atoms with Crippen LogP contribution in [-0.4, -0.2) is 24.4 Å². The quantitative estimate of drug-likeness (QED) is 0.583. The lowest BCUT2D eigenvalue weighted by atomic mass is 10.4. The van der Waals surface area contributed by atoms with Crippen molar-refractivity contribution in [2.75, 3.05) is 13.2 Å². The van der Waals surface area contributed by atoms with Crippen molar-refractivity contribution in [2.24, 2.45) is 0 Å². The first-order valence-corrected chi connectivity index (χ1v) is 3.31. The van der Waals surface area contributed by atoms with E-state index in [2.05, 4.69) is 6.58 Å². The standard InChI is InChI=1S/C8H14O2/c1-3-8(2)10-7-5-4-6-9/h3-5,8-9H,1,6-7H2,2H3/b5-4+. The topological polar surface area (TPSA) is 29.5 Å². The highest BCUT2D eigenvalue weighted by Gasteiger charge is 1.89. The fraction of sp³-hybridized carbons (Fsp3) is 0.500. The third-order valence-electron chi connectivity index (χ3n) is 1.06. The van der Waals surface area contributed by atoms with Crippen LogP contribution in [0.3, 0.4) is 0 Å². The van der Waals surface area contributed by atoms with Crippen molar-refractivity contribution in [1.29, 1.82) is 0 Å². The average molecular weight is 142 g/mol. The van der Waals surface area contributed by atoms with Crippen molar-refractivity contribution < 1.29 is 9.84 Å². The predicted octanol–water partition coefficient (Wildman–Crippen LogP) is 1.13. The summed E-state index contributed by atoms with van der Waals surface area (Å²) in [6.45, 7) is 6.09. The van der Waals surface area contributed by atoms with E-state index in [0.717, 1.165) is 0 Å². The summed E-state index contributed by atoms with van der Waals surface area (Å²) in [7, 11) is 0. The lowest BCUT2D eigenvalue weighted by Gasteiger charge is -2.03. The minimum atomic E-state index is 0.0752. The van der Waals surface area contributed by atoms with Gasteiger partial charge in [-0.15, -0.1) is 6.58 Å². The van der Waals surface area contributed by atoms with Crippen molar-refractivity contribution in [3.8, 4) is 0 Å². The van der Waals surface area contributed by atoms with Gasteiger partial charge in [0.15, 0.2) is 0 Å². The van der Waals surface area contributed by atoms with E-state index >= 15 is 0 Å². The number of aliphatic hydroxyl groups is 1. The predicted molar refractivity (Wildman–Crippen MR) is 41.8 cm³/mol. The van der Waals surface area contributed by atoms with Crippen LogP contribution in [0.1, 0.15) is 6.92 Å². The van der Waals surface area contributed by atoms with Crippen LogP contribution < -0.4 is 0 Å². The molecule has 0 heterocycles. The van der Waals surface area contributed by atoms with E-state index in [1.54, 1.807) is 18.2 Å². The first kappa shape index (κ1) is 9.40. The summed E-state index contributed by atoms with van der Waals surface area (Å²) in [5, 5.41) is 8.33. The Balaban J connectivity index is 3.18. The molecule has 0 saturated carbocycles. The Hall–Kier alpha value is -0.600. The van der Waals surface area contributed by atoms with Crippen molar-refractivity contribution >= 4 is 0 Å². The number of hydrogen-bond donors (Lipinski definition) is 1. The zero-order chi connectivity index (χ0) is 7.82. The summed E-state index contributed by atoms with van der Waals surface area (Å²) < 4.78 is 5.18. The van der Waals surface area contributed by atoms with Gasteiger partial charge < -0.3 is 9.84 Å². The second-order valence-corrected chi connectivity index (χ2v) is 1.93. The molecule has 0 radical (unpaired) electrons. The summed E-state index contributed by atoms with van der Waals surface area (Å²) in [4.78, 5) is 0. The molecule has 2 nitrogen and oxygen atoms in total. The van der Waals surface area contributed by atoms with E-state index in [0.29, 0.717) is 6.61 Å². The molecule has 0 aromatic carbocycles. The molecule has 0 spiro atoms. The molecule has 0 amide bonds. The van der Waals surface area contributed by atoms with Crippen LogP contribution in [0.25, 0.3) is 0 Å². The molecular formula is C8H14O2. The third-order valence-corrected chi connectivity index (χ3v) is 1.06. The Morgan fingerprint density at radius 3 is 2.80 bits per heavy atom. The van der Waals surface area contributed by atoms with E-state index in [1.165, 1.54) is 0 Å². The molecule has 1 atom stereocenters. The van der Waals surface area contributed by atoms with Gasteiger partial charge in [0.05, 0.1) is 19.3 Å². The molecule has 0 saturated heterocycles. The SMILES string of the molecule is C=CC(C)OC/C=C/CO. The van der Waals surface area contributed by atoms with Crippen LogP contribution in [0.2, 0.25) is 0 Å². The molecule has 10 heavy (non-hydrogen) atoms. The average Bonchev–Trinajstić information content (AvgIpc) is 1.98. The van der Waals surface area contributed by atoms with Crippen molar-refractivity contribution in [2.45, 2.75) is 13.0 Å². The first-order valence-electron chi connectivity index (χ1n) is 3.31. The zero-order valence-corrected chi connectivity index (χ0v) is 6.29. The second kappa shape index (κ2) is 6.52. The van der Waals surface area contributed by atoms with E-state index in [1.807, 2.05) is 6.92 Å². The van der Waals surface area contributed by atoms with Gasteiger partial charge in [-0.25, -0.2) is 0 Å². The maximum atomic E-state index is 8.33. The highest BCUT2D eigenvalue weighted by Crippen LogP contribution is 1.90. The monoisotopic (exact) mass is 142 g/mol. The maximum Gasteiger partial charge on any atom is 0.0729 e. The molecular weight excluding hydrogens is 128 g/mol. The molecule has 0 aromatic heterocycles. The van der Waals surface area contributed by atoms with Gasteiger partial charge in [0.1, 0.15) is 0 Å². The van der Waals surface area contributed by atoms with E-state index in [9.17, 15) is 0 Å².